The third-order valence-electron chi connectivity index (χ3n) is 3.22. The second kappa shape index (κ2) is 4.80. The molecule has 0 spiro atoms. The monoisotopic (exact) mass is 246 g/mol. The zero-order chi connectivity index (χ0) is 13.2. The van der Waals surface area contributed by atoms with Crippen LogP contribution in [0.5, 0.6) is 0 Å². The van der Waals surface area contributed by atoms with Crippen LogP contribution < -0.4 is 5.32 Å². The summed E-state index contributed by atoms with van der Waals surface area (Å²) in [5.74, 6) is -0.0952. The molecule has 0 bridgehead atoms. The van der Waals surface area contributed by atoms with Gasteiger partial charge < -0.3 is 5.32 Å². The van der Waals surface area contributed by atoms with Gasteiger partial charge in [0.05, 0.1) is 5.41 Å². The van der Waals surface area contributed by atoms with E-state index in [1.54, 1.807) is 0 Å². The molecule has 0 radical (unpaired) electrons. The summed E-state index contributed by atoms with van der Waals surface area (Å²) in [4.78, 5) is 25.2. The Morgan fingerprint density at radius 3 is 2.56 bits per heavy atom. The number of benzene rings is 1. The molecule has 0 aromatic heterocycles. The molecule has 0 saturated carbocycles. The number of nitrogens with zero attached hydrogens (tertiary/aromatic N) is 1. The molecule has 1 fully saturated rings. The van der Waals surface area contributed by atoms with Crippen LogP contribution in [0.15, 0.2) is 30.3 Å². The number of rotatable bonds is 3. The standard InChI is InChI=1S/C14H18N2O2/c1-14(2)10-15-13(18)16(12(14)17)9-8-11-6-4-3-5-7-11/h3-7H,8-10H2,1-2H3,(H,15,18). The SMILES string of the molecule is CC1(C)CNC(=O)N(CCc2ccccc2)C1=O. The quantitative estimate of drug-likeness (QED) is 0.884. The number of urea groups is 1. The Morgan fingerprint density at radius 2 is 1.89 bits per heavy atom. The Balaban J connectivity index is 2.03. The normalized spacial score (nSPS) is 18.7. The summed E-state index contributed by atoms with van der Waals surface area (Å²) >= 11 is 0. The molecule has 0 aliphatic carbocycles. The number of nitrogens with one attached hydrogen (secondary N) is 1. The van der Waals surface area contributed by atoms with Crippen LogP contribution in [0, 0.1) is 5.41 Å². The molecular formula is C14H18N2O2. The van der Waals surface area contributed by atoms with E-state index in [1.165, 1.54) is 4.90 Å². The molecule has 1 aliphatic heterocycles. The van der Waals surface area contributed by atoms with Crippen molar-refractivity contribution >= 4 is 11.9 Å². The van der Waals surface area contributed by atoms with Gasteiger partial charge >= 0.3 is 6.03 Å². The lowest BCUT2D eigenvalue weighted by Gasteiger charge is -2.36. The van der Waals surface area contributed by atoms with E-state index in [0.29, 0.717) is 19.5 Å². The molecule has 0 unspecified atom stereocenters. The van der Waals surface area contributed by atoms with Crippen LogP contribution in [0.25, 0.3) is 0 Å². The molecule has 1 aromatic rings. The highest BCUT2D eigenvalue weighted by Gasteiger charge is 2.39. The molecule has 1 N–H and O–H groups in total. The second-order valence-corrected chi connectivity index (χ2v) is 5.23. The fourth-order valence-electron chi connectivity index (χ4n) is 2.01. The molecule has 3 amide bonds. The van der Waals surface area contributed by atoms with Gasteiger partial charge in [0.1, 0.15) is 0 Å². The lowest BCUT2D eigenvalue weighted by Crippen LogP contribution is -2.58. The van der Waals surface area contributed by atoms with Gasteiger partial charge in [-0.3, -0.25) is 9.69 Å². The predicted octanol–water partition coefficient (Wildman–Crippen LogP) is 1.81. The lowest BCUT2D eigenvalue weighted by molar-refractivity contribution is -0.138. The smallest absolute Gasteiger partial charge is 0.324 e. The summed E-state index contributed by atoms with van der Waals surface area (Å²) in [7, 11) is 0. The minimum atomic E-state index is -0.509. The van der Waals surface area contributed by atoms with Crippen LogP contribution in [-0.4, -0.2) is 29.9 Å². The van der Waals surface area contributed by atoms with Gasteiger partial charge in [0.25, 0.3) is 0 Å². The Bertz CT molecular complexity index is 454. The zero-order valence-corrected chi connectivity index (χ0v) is 10.8. The van der Waals surface area contributed by atoms with Crippen LogP contribution in [0.1, 0.15) is 19.4 Å². The average molecular weight is 246 g/mol. The molecule has 1 aromatic carbocycles. The first-order valence-electron chi connectivity index (χ1n) is 6.14. The Labute approximate surface area is 107 Å². The number of hydrogen-bond donors (Lipinski definition) is 1. The number of carbonyl (C=O) groups excluding carboxylic acids is 2. The van der Waals surface area contributed by atoms with Crippen molar-refractivity contribution in [2.45, 2.75) is 20.3 Å². The molecule has 1 heterocycles. The fourth-order valence-corrected chi connectivity index (χ4v) is 2.01. The molecule has 2 rings (SSSR count). The molecule has 1 saturated heterocycles. The first-order valence-corrected chi connectivity index (χ1v) is 6.14. The Morgan fingerprint density at radius 1 is 1.22 bits per heavy atom. The van der Waals surface area contributed by atoms with Crippen molar-refractivity contribution in [1.29, 1.82) is 0 Å². The third kappa shape index (κ3) is 2.53. The zero-order valence-electron chi connectivity index (χ0n) is 10.8. The molecule has 96 valence electrons. The molecule has 4 heteroatoms. The van der Waals surface area contributed by atoms with Gasteiger partial charge in [-0.15, -0.1) is 0 Å². The van der Waals surface area contributed by atoms with E-state index in [4.69, 9.17) is 0 Å². The average Bonchev–Trinajstić information content (AvgIpc) is 2.36. The van der Waals surface area contributed by atoms with E-state index < -0.39 is 5.41 Å². The van der Waals surface area contributed by atoms with Gasteiger partial charge in [0.2, 0.25) is 5.91 Å². The Kier molecular flexibility index (Phi) is 3.36. The van der Waals surface area contributed by atoms with Crippen LogP contribution in [-0.2, 0) is 11.2 Å². The molecular weight excluding hydrogens is 228 g/mol. The van der Waals surface area contributed by atoms with Gasteiger partial charge in [-0.1, -0.05) is 30.3 Å². The van der Waals surface area contributed by atoms with Gasteiger partial charge in [-0.25, -0.2) is 4.79 Å². The summed E-state index contributed by atoms with van der Waals surface area (Å²) in [6, 6.07) is 9.57. The lowest BCUT2D eigenvalue weighted by atomic mass is 9.90. The summed E-state index contributed by atoms with van der Waals surface area (Å²) in [5, 5.41) is 2.76. The predicted molar refractivity (Wildman–Crippen MR) is 69.0 cm³/mol. The number of carbonyl (C=O) groups is 2. The maximum Gasteiger partial charge on any atom is 0.324 e. The summed E-state index contributed by atoms with van der Waals surface area (Å²) in [6.07, 6.45) is 0.691. The fraction of sp³-hybridized carbons (Fsp3) is 0.429. The van der Waals surface area contributed by atoms with Crippen LogP contribution >= 0.6 is 0 Å². The van der Waals surface area contributed by atoms with Gasteiger partial charge in [-0.2, -0.15) is 0 Å². The van der Waals surface area contributed by atoms with E-state index in [0.717, 1.165) is 5.56 Å². The van der Waals surface area contributed by atoms with E-state index in [2.05, 4.69) is 5.32 Å². The van der Waals surface area contributed by atoms with Crippen molar-refractivity contribution in [2.24, 2.45) is 5.41 Å². The van der Waals surface area contributed by atoms with Crippen LogP contribution in [0.2, 0.25) is 0 Å². The van der Waals surface area contributed by atoms with E-state index in [9.17, 15) is 9.59 Å². The van der Waals surface area contributed by atoms with Crippen molar-refractivity contribution in [3.63, 3.8) is 0 Å². The first kappa shape index (κ1) is 12.6. The Hall–Kier alpha value is -1.84. The van der Waals surface area contributed by atoms with Crippen LogP contribution in [0.4, 0.5) is 4.79 Å². The third-order valence-corrected chi connectivity index (χ3v) is 3.22. The van der Waals surface area contributed by atoms with Gasteiger partial charge in [0.15, 0.2) is 0 Å². The van der Waals surface area contributed by atoms with Gasteiger partial charge in [-0.05, 0) is 25.8 Å². The summed E-state index contributed by atoms with van der Waals surface area (Å²) in [5.41, 5.74) is 0.617. The highest BCUT2D eigenvalue weighted by atomic mass is 16.2. The number of hydrogen-bond acceptors (Lipinski definition) is 2. The van der Waals surface area contributed by atoms with E-state index in [1.807, 2.05) is 44.2 Å². The van der Waals surface area contributed by atoms with Crippen molar-refractivity contribution in [1.82, 2.24) is 10.2 Å². The van der Waals surface area contributed by atoms with Crippen molar-refractivity contribution < 1.29 is 9.59 Å². The molecule has 1 aliphatic rings. The summed E-state index contributed by atoms with van der Waals surface area (Å²) < 4.78 is 0. The molecule has 0 atom stereocenters. The molecule has 18 heavy (non-hydrogen) atoms. The second-order valence-electron chi connectivity index (χ2n) is 5.23. The highest BCUT2D eigenvalue weighted by Crippen LogP contribution is 2.22. The topological polar surface area (TPSA) is 49.4 Å². The van der Waals surface area contributed by atoms with E-state index in [-0.39, 0.29) is 11.9 Å². The first-order chi connectivity index (χ1) is 8.50. The highest BCUT2D eigenvalue weighted by molar-refractivity contribution is 5.99. The minimum absolute atomic E-state index is 0.0952. The van der Waals surface area contributed by atoms with Crippen molar-refractivity contribution in [2.75, 3.05) is 13.1 Å². The minimum Gasteiger partial charge on any atom is -0.337 e. The summed E-state index contributed by atoms with van der Waals surface area (Å²) in [6.45, 7) is 4.54. The number of amides is 3. The van der Waals surface area contributed by atoms with Crippen molar-refractivity contribution in [3.8, 4) is 0 Å². The maximum absolute atomic E-state index is 12.1. The van der Waals surface area contributed by atoms with Crippen LogP contribution in [0.3, 0.4) is 0 Å². The van der Waals surface area contributed by atoms with E-state index >= 15 is 0 Å². The number of imide groups is 1. The van der Waals surface area contributed by atoms with Gasteiger partial charge in [0, 0.05) is 13.1 Å². The van der Waals surface area contributed by atoms with Crippen molar-refractivity contribution in [3.05, 3.63) is 35.9 Å². The largest absolute Gasteiger partial charge is 0.337 e. The maximum atomic E-state index is 12.1. The molecule has 4 nitrogen and oxygen atoms in total.